The Kier molecular flexibility index (Phi) is 10.5. The lowest BCUT2D eigenvalue weighted by molar-refractivity contribution is -0.932. The van der Waals surface area contributed by atoms with Crippen molar-refractivity contribution in [2.45, 2.75) is 87.9 Å². The molecule has 0 spiro atoms. The van der Waals surface area contributed by atoms with Crippen molar-refractivity contribution in [3.05, 3.63) is 52.6 Å². The molecule has 0 bridgehead atoms. The number of likely N-dealkylation sites (tertiary alicyclic amines) is 1. The van der Waals surface area contributed by atoms with Crippen molar-refractivity contribution >= 4 is 10.1 Å². The first kappa shape index (κ1) is 36.1. The summed E-state index contributed by atoms with van der Waals surface area (Å²) in [5, 5.41) is 0. The molecule has 0 atom stereocenters. The highest BCUT2D eigenvalue weighted by molar-refractivity contribution is 7.85. The van der Waals surface area contributed by atoms with Gasteiger partial charge in [-0.3, -0.25) is 0 Å². The molecule has 1 heterocycles. The van der Waals surface area contributed by atoms with Gasteiger partial charge in [0.1, 0.15) is 10.1 Å². The molecule has 44 heavy (non-hydrogen) atoms. The van der Waals surface area contributed by atoms with Crippen LogP contribution in [0.3, 0.4) is 0 Å². The third kappa shape index (κ3) is 7.04. The van der Waals surface area contributed by atoms with Gasteiger partial charge in [0.2, 0.25) is 0 Å². The molecule has 1 aliphatic heterocycles. The number of rotatable bonds is 8. The highest BCUT2D eigenvalue weighted by Crippen LogP contribution is 2.56. The Morgan fingerprint density at radius 1 is 0.773 bits per heavy atom. The number of hydrogen-bond donors (Lipinski definition) is 0. The Hall–Kier alpha value is -2.39. The van der Waals surface area contributed by atoms with Crippen molar-refractivity contribution in [3.63, 3.8) is 0 Å². The lowest BCUT2D eigenvalue weighted by Crippen LogP contribution is -2.52. The number of benzene rings is 2. The Morgan fingerprint density at radius 3 is 1.84 bits per heavy atom. The van der Waals surface area contributed by atoms with Gasteiger partial charge >= 0.3 is 24.2 Å². The molecule has 0 aromatic heterocycles. The summed E-state index contributed by atoms with van der Waals surface area (Å²) < 4.78 is 171. The van der Waals surface area contributed by atoms with Crippen molar-refractivity contribution in [2.75, 3.05) is 26.2 Å². The normalized spacial score (nSPS) is 17.0. The molecule has 248 valence electrons. The van der Waals surface area contributed by atoms with Gasteiger partial charge in [-0.05, 0) is 66.8 Å². The number of hydrogen-bond acceptors (Lipinski definition) is 3. The van der Waals surface area contributed by atoms with Gasteiger partial charge in [-0.25, -0.2) is 8.42 Å². The van der Waals surface area contributed by atoms with Crippen LogP contribution in [0.1, 0.15) is 74.6 Å². The van der Waals surface area contributed by atoms with E-state index in [9.17, 15) is 56.9 Å². The molecule has 1 saturated heterocycles. The zero-order chi connectivity index (χ0) is 33.4. The van der Waals surface area contributed by atoms with E-state index in [1.54, 1.807) is 0 Å². The number of nitrogens with zero attached hydrogens (tertiary/aromatic N) is 1. The lowest BCUT2D eigenvalue weighted by atomic mass is 9.90. The second-order valence-electron chi connectivity index (χ2n) is 11.2. The van der Waals surface area contributed by atoms with Gasteiger partial charge in [0.25, 0.3) is 0 Å². The van der Waals surface area contributed by atoms with Crippen LogP contribution >= 0.6 is 0 Å². The SMILES string of the molecule is CCCC[N+]1(CCC)CCCCC1.O=S(=O)([O-])c1c2c(cc(C(F)(F)C(F)(F)F)c1C(F)(F)C(F)(F)F)-c1ccccc1C2. The first-order valence-electron chi connectivity index (χ1n) is 14.1. The molecule has 0 unspecified atom stereocenters. The molecule has 1 fully saturated rings. The van der Waals surface area contributed by atoms with Crippen molar-refractivity contribution in [1.82, 2.24) is 0 Å². The van der Waals surface area contributed by atoms with E-state index in [4.69, 9.17) is 0 Å². The average Bonchev–Trinajstić information content (AvgIpc) is 3.28. The van der Waals surface area contributed by atoms with Crippen molar-refractivity contribution in [3.8, 4) is 11.1 Å². The van der Waals surface area contributed by atoms with Crippen LogP contribution in [-0.2, 0) is 28.4 Å². The molecule has 4 nitrogen and oxygen atoms in total. The number of piperidine rings is 1. The fourth-order valence-electron chi connectivity index (χ4n) is 6.08. The van der Waals surface area contributed by atoms with E-state index in [2.05, 4.69) is 13.8 Å². The van der Waals surface area contributed by atoms with Gasteiger partial charge in [0, 0.05) is 5.56 Å². The fraction of sp³-hybridized carbons (Fsp3) is 0.586. The summed E-state index contributed by atoms with van der Waals surface area (Å²) in [6, 6.07) is 4.59. The Balaban J connectivity index is 0.000000340. The third-order valence-corrected chi connectivity index (χ3v) is 9.07. The Morgan fingerprint density at radius 2 is 1.34 bits per heavy atom. The van der Waals surface area contributed by atoms with E-state index < -0.39 is 67.9 Å². The smallest absolute Gasteiger partial charge is 0.458 e. The van der Waals surface area contributed by atoms with E-state index in [1.807, 2.05) is 0 Å². The van der Waals surface area contributed by atoms with Gasteiger partial charge in [0.15, 0.2) is 0 Å². The third-order valence-electron chi connectivity index (χ3n) is 8.12. The van der Waals surface area contributed by atoms with Gasteiger partial charge in [-0.2, -0.15) is 43.9 Å². The summed E-state index contributed by atoms with van der Waals surface area (Å²) >= 11 is 0. The summed E-state index contributed by atoms with van der Waals surface area (Å²) in [5.74, 6) is -12.9. The summed E-state index contributed by atoms with van der Waals surface area (Å²) in [7, 11) is -6.38. The number of fused-ring (bicyclic) bond motifs is 3. The van der Waals surface area contributed by atoms with Crippen molar-refractivity contribution in [2.24, 2.45) is 0 Å². The number of quaternary nitrogens is 1. The molecule has 1 aliphatic carbocycles. The standard InChI is InChI=1S/C17H8F10O3S.C12H26N/c18-14(19,16(22,23)24)11-6-9-8-4-2-1-3-7(8)5-10(9)13(31(28,29)30)12(11)15(20,21)17(25,26)27;1-3-5-10-13(9-4-2)11-7-6-8-12-13/h1-4,6H,5H2,(H,28,29,30);3-12H2,1-2H3/q;+1/p-1. The van der Waals surface area contributed by atoms with Crippen LogP contribution in [0.5, 0.6) is 0 Å². The second kappa shape index (κ2) is 12.8. The highest BCUT2D eigenvalue weighted by atomic mass is 32.2. The van der Waals surface area contributed by atoms with Crippen LogP contribution in [-0.4, -0.2) is 56.0 Å². The molecule has 15 heteroatoms. The van der Waals surface area contributed by atoms with Crippen LogP contribution in [0.2, 0.25) is 0 Å². The molecule has 0 amide bonds. The molecule has 2 aliphatic rings. The summed E-state index contributed by atoms with van der Waals surface area (Å²) in [5.41, 5.74) is -8.17. The average molecular weight is 666 g/mol. The maximum atomic E-state index is 14.2. The zero-order valence-electron chi connectivity index (χ0n) is 24.0. The molecule has 2 aromatic rings. The quantitative estimate of drug-likeness (QED) is 0.138. The minimum absolute atomic E-state index is 0.0242. The first-order chi connectivity index (χ1) is 20.1. The largest absolute Gasteiger partial charge is 0.744 e. The number of unbranched alkanes of at least 4 members (excludes halogenated alkanes) is 1. The lowest BCUT2D eigenvalue weighted by Gasteiger charge is -2.41. The van der Waals surface area contributed by atoms with Crippen LogP contribution in [0.15, 0.2) is 35.2 Å². The number of halogens is 10. The Bertz CT molecular complexity index is 1420. The molecule has 0 saturated carbocycles. The van der Waals surface area contributed by atoms with E-state index in [-0.39, 0.29) is 17.2 Å². The van der Waals surface area contributed by atoms with Crippen LogP contribution < -0.4 is 0 Å². The highest BCUT2D eigenvalue weighted by Gasteiger charge is 2.67. The van der Waals surface area contributed by atoms with E-state index in [0.29, 0.717) is 0 Å². The summed E-state index contributed by atoms with van der Waals surface area (Å²) in [6.07, 6.45) is -5.62. The minimum Gasteiger partial charge on any atom is -0.744 e. The van der Waals surface area contributed by atoms with Gasteiger partial charge in [-0.1, -0.05) is 44.5 Å². The van der Waals surface area contributed by atoms with Crippen molar-refractivity contribution in [1.29, 1.82) is 0 Å². The van der Waals surface area contributed by atoms with Crippen LogP contribution in [0.4, 0.5) is 43.9 Å². The van der Waals surface area contributed by atoms with Gasteiger partial charge in [-0.15, -0.1) is 0 Å². The van der Waals surface area contributed by atoms with Crippen molar-refractivity contribution < 1.29 is 61.4 Å². The fourth-order valence-corrected chi connectivity index (χ4v) is 7.05. The molecule has 4 rings (SSSR count). The predicted molar refractivity (Wildman–Crippen MR) is 141 cm³/mol. The molecular weight excluding hydrogens is 632 g/mol. The molecule has 0 N–H and O–H groups in total. The zero-order valence-corrected chi connectivity index (χ0v) is 24.8. The second-order valence-corrected chi connectivity index (χ2v) is 12.6. The molecule has 2 aromatic carbocycles. The number of alkyl halides is 10. The Labute approximate surface area is 249 Å². The summed E-state index contributed by atoms with van der Waals surface area (Å²) in [4.78, 5) is -2.44. The summed E-state index contributed by atoms with van der Waals surface area (Å²) in [6.45, 7) is 10.5. The predicted octanol–water partition coefficient (Wildman–Crippen LogP) is 8.67. The van der Waals surface area contributed by atoms with E-state index in [1.165, 1.54) is 87.4 Å². The maximum Gasteiger partial charge on any atom is 0.458 e. The maximum absolute atomic E-state index is 14.2. The van der Waals surface area contributed by atoms with E-state index >= 15 is 0 Å². The first-order valence-corrected chi connectivity index (χ1v) is 15.5. The van der Waals surface area contributed by atoms with Gasteiger partial charge < -0.3 is 9.04 Å². The topological polar surface area (TPSA) is 57.2 Å². The monoisotopic (exact) mass is 665 g/mol. The van der Waals surface area contributed by atoms with Gasteiger partial charge in [0.05, 0.1) is 36.6 Å². The molecule has 0 radical (unpaired) electrons. The van der Waals surface area contributed by atoms with E-state index in [0.717, 1.165) is 6.07 Å². The minimum atomic E-state index is -6.79. The molecular formula is C29H33F10NO3S. The van der Waals surface area contributed by atoms with Crippen LogP contribution in [0.25, 0.3) is 11.1 Å². The van der Waals surface area contributed by atoms with Crippen LogP contribution in [0, 0.1) is 0 Å².